The van der Waals surface area contributed by atoms with Gasteiger partial charge in [0.2, 0.25) is 0 Å². The highest BCUT2D eigenvalue weighted by atomic mass is 127. The van der Waals surface area contributed by atoms with Crippen LogP contribution in [-0.4, -0.2) is 39.1 Å². The van der Waals surface area contributed by atoms with Gasteiger partial charge >= 0.3 is 12.0 Å². The molecule has 0 spiro atoms. The maximum Gasteiger partial charge on any atom is 0.324 e. The van der Waals surface area contributed by atoms with Crippen molar-refractivity contribution in [3.63, 3.8) is 0 Å². The summed E-state index contributed by atoms with van der Waals surface area (Å²) < 4.78 is 0.788. The highest BCUT2D eigenvalue weighted by Crippen LogP contribution is 2.32. The zero-order valence-electron chi connectivity index (χ0n) is 15.6. The van der Waals surface area contributed by atoms with Gasteiger partial charge in [-0.2, -0.15) is 0 Å². The monoisotopic (exact) mass is 505 g/mol. The number of hydrogen-bond donors (Lipinski definition) is 2. The largest absolute Gasteiger partial charge is 0.481 e. The maximum atomic E-state index is 13.2. The van der Waals surface area contributed by atoms with Crippen LogP contribution in [0.15, 0.2) is 0 Å². The Labute approximate surface area is 178 Å². The van der Waals surface area contributed by atoms with Crippen LogP contribution in [0.4, 0.5) is 9.93 Å². The van der Waals surface area contributed by atoms with E-state index in [0.29, 0.717) is 23.6 Å². The van der Waals surface area contributed by atoms with Gasteiger partial charge in [-0.1, -0.05) is 38.5 Å². The normalized spacial score (nSPS) is 19.0. The molecule has 150 valence electrons. The number of amides is 2. The Kier molecular flexibility index (Phi) is 7.75. The standard InChI is InChI=1S/C19H28IN3O3S/c20-17-15(11-12-16(24)25)27-18(21-17)22-19(26)23(13-7-3-1-4-8-13)14-9-5-2-6-10-14/h13-14H,1-12H2,(H,24,25)(H,21,22,26). The van der Waals surface area contributed by atoms with Crippen molar-refractivity contribution in [3.8, 4) is 0 Å². The first-order chi connectivity index (χ1) is 13.0. The van der Waals surface area contributed by atoms with Gasteiger partial charge in [0.1, 0.15) is 3.70 Å². The van der Waals surface area contributed by atoms with Crippen molar-refractivity contribution >= 4 is 51.1 Å². The van der Waals surface area contributed by atoms with E-state index < -0.39 is 5.97 Å². The van der Waals surface area contributed by atoms with Gasteiger partial charge in [0.05, 0.1) is 6.42 Å². The SMILES string of the molecule is O=C(O)CCc1sc(NC(=O)N(C2CCCCC2)C2CCCCC2)nc1I. The third-order valence-corrected chi connectivity index (χ3v) is 7.89. The number of thiazole rings is 1. The number of carboxylic acids is 1. The van der Waals surface area contributed by atoms with Crippen molar-refractivity contribution in [2.75, 3.05) is 5.32 Å². The molecule has 2 aliphatic rings. The Morgan fingerprint density at radius 2 is 1.63 bits per heavy atom. The quantitative estimate of drug-likeness (QED) is 0.517. The number of aryl methyl sites for hydroxylation is 1. The zero-order chi connectivity index (χ0) is 19.2. The predicted molar refractivity (Wildman–Crippen MR) is 115 cm³/mol. The van der Waals surface area contributed by atoms with Gasteiger partial charge in [-0.15, -0.1) is 11.3 Å². The molecule has 27 heavy (non-hydrogen) atoms. The van der Waals surface area contributed by atoms with E-state index in [0.717, 1.165) is 34.3 Å². The Hall–Kier alpha value is -0.900. The number of aliphatic carboxylic acids is 1. The average molecular weight is 505 g/mol. The minimum atomic E-state index is -0.814. The van der Waals surface area contributed by atoms with Crippen LogP contribution >= 0.6 is 33.9 Å². The second-order valence-corrected chi connectivity index (χ2v) is 9.65. The molecule has 0 radical (unpaired) electrons. The van der Waals surface area contributed by atoms with Crippen molar-refractivity contribution in [2.45, 2.75) is 89.1 Å². The minimum absolute atomic E-state index is 0.0243. The lowest BCUT2D eigenvalue weighted by Gasteiger charge is -2.41. The van der Waals surface area contributed by atoms with Crippen LogP contribution in [0.5, 0.6) is 0 Å². The number of carbonyl (C=O) groups excluding carboxylic acids is 1. The number of rotatable bonds is 6. The highest BCUT2D eigenvalue weighted by molar-refractivity contribution is 14.1. The van der Waals surface area contributed by atoms with Crippen LogP contribution in [0.25, 0.3) is 0 Å². The van der Waals surface area contributed by atoms with Crippen molar-refractivity contribution in [3.05, 3.63) is 8.58 Å². The number of urea groups is 1. The minimum Gasteiger partial charge on any atom is -0.481 e. The van der Waals surface area contributed by atoms with Gasteiger partial charge in [0.15, 0.2) is 5.13 Å². The number of halogens is 1. The van der Waals surface area contributed by atoms with E-state index in [-0.39, 0.29) is 12.5 Å². The molecule has 0 saturated heterocycles. The molecule has 2 amide bonds. The maximum absolute atomic E-state index is 13.2. The fourth-order valence-corrected chi connectivity index (χ4v) is 6.11. The molecule has 1 heterocycles. The van der Waals surface area contributed by atoms with Crippen LogP contribution in [0, 0.1) is 3.70 Å². The molecule has 0 unspecified atom stereocenters. The second kappa shape index (κ2) is 10.0. The van der Waals surface area contributed by atoms with Crippen molar-refractivity contribution in [1.82, 2.24) is 9.88 Å². The van der Waals surface area contributed by atoms with Crippen LogP contribution in [0.1, 0.15) is 75.5 Å². The fourth-order valence-electron chi connectivity index (χ4n) is 4.27. The van der Waals surface area contributed by atoms with Gasteiger partial charge in [-0.3, -0.25) is 10.1 Å². The first-order valence-corrected chi connectivity index (χ1v) is 11.9. The van der Waals surface area contributed by atoms with Crippen LogP contribution in [0.2, 0.25) is 0 Å². The molecule has 2 aliphatic carbocycles. The summed E-state index contributed by atoms with van der Waals surface area (Å²) in [4.78, 5) is 31.5. The van der Waals surface area contributed by atoms with E-state index >= 15 is 0 Å². The molecule has 2 saturated carbocycles. The van der Waals surface area contributed by atoms with Crippen molar-refractivity contribution < 1.29 is 14.7 Å². The van der Waals surface area contributed by atoms with E-state index in [1.165, 1.54) is 49.9 Å². The Morgan fingerprint density at radius 3 is 2.15 bits per heavy atom. The van der Waals surface area contributed by atoms with E-state index in [4.69, 9.17) is 5.11 Å². The molecule has 1 aromatic rings. The fraction of sp³-hybridized carbons (Fsp3) is 0.737. The van der Waals surface area contributed by atoms with Crippen LogP contribution < -0.4 is 5.32 Å². The molecule has 2 fully saturated rings. The summed E-state index contributed by atoms with van der Waals surface area (Å²) in [5.74, 6) is -0.814. The number of carbonyl (C=O) groups is 2. The number of carboxylic acid groups (broad SMARTS) is 1. The smallest absolute Gasteiger partial charge is 0.324 e. The molecule has 3 rings (SSSR count). The third-order valence-electron chi connectivity index (χ3n) is 5.60. The van der Waals surface area contributed by atoms with Gasteiger partial charge in [0.25, 0.3) is 0 Å². The van der Waals surface area contributed by atoms with E-state index in [1.54, 1.807) is 0 Å². The summed E-state index contributed by atoms with van der Waals surface area (Å²) >= 11 is 3.52. The number of nitrogens with one attached hydrogen (secondary N) is 1. The highest BCUT2D eigenvalue weighted by Gasteiger charge is 2.33. The summed E-state index contributed by atoms with van der Waals surface area (Å²) in [6, 6.07) is 0.656. The number of nitrogens with zero attached hydrogens (tertiary/aromatic N) is 2. The topological polar surface area (TPSA) is 82.5 Å². The second-order valence-electron chi connectivity index (χ2n) is 7.55. The van der Waals surface area contributed by atoms with Gasteiger partial charge in [0, 0.05) is 17.0 Å². The van der Waals surface area contributed by atoms with Crippen LogP contribution in [-0.2, 0) is 11.2 Å². The Balaban J connectivity index is 1.69. The Morgan fingerprint density at radius 1 is 1.07 bits per heavy atom. The number of anilines is 1. The van der Waals surface area contributed by atoms with Crippen LogP contribution in [0.3, 0.4) is 0 Å². The molecular weight excluding hydrogens is 477 g/mol. The molecule has 2 N–H and O–H groups in total. The summed E-state index contributed by atoms with van der Waals surface area (Å²) in [6.45, 7) is 0. The molecule has 0 bridgehead atoms. The summed E-state index contributed by atoms with van der Waals surface area (Å²) in [5.41, 5.74) is 0. The Bertz CT molecular complexity index is 637. The molecule has 0 atom stereocenters. The lowest BCUT2D eigenvalue weighted by Crippen LogP contribution is -2.50. The van der Waals surface area contributed by atoms with Gasteiger partial charge in [-0.05, 0) is 54.7 Å². The zero-order valence-corrected chi connectivity index (χ0v) is 18.6. The summed E-state index contributed by atoms with van der Waals surface area (Å²) in [5, 5.41) is 12.5. The van der Waals surface area contributed by atoms with Gasteiger partial charge < -0.3 is 10.0 Å². The van der Waals surface area contributed by atoms with Crippen molar-refractivity contribution in [2.24, 2.45) is 0 Å². The molecule has 0 aromatic carbocycles. The summed E-state index contributed by atoms with van der Waals surface area (Å²) in [6.07, 6.45) is 12.3. The lowest BCUT2D eigenvalue weighted by molar-refractivity contribution is -0.136. The average Bonchev–Trinajstić information content (AvgIpc) is 3.01. The van der Waals surface area contributed by atoms with E-state index in [1.807, 2.05) is 0 Å². The first-order valence-electron chi connectivity index (χ1n) is 10.0. The first kappa shape index (κ1) is 20.8. The number of aromatic nitrogens is 1. The predicted octanol–water partition coefficient (Wildman–Crippen LogP) is 5.26. The summed E-state index contributed by atoms with van der Waals surface area (Å²) in [7, 11) is 0. The van der Waals surface area contributed by atoms with E-state index in [9.17, 15) is 9.59 Å². The molecule has 6 nitrogen and oxygen atoms in total. The van der Waals surface area contributed by atoms with E-state index in [2.05, 4.69) is 37.8 Å². The molecule has 8 heteroatoms. The van der Waals surface area contributed by atoms with Gasteiger partial charge in [-0.25, -0.2) is 9.78 Å². The number of hydrogen-bond acceptors (Lipinski definition) is 4. The molecular formula is C19H28IN3O3S. The molecule has 1 aromatic heterocycles. The van der Waals surface area contributed by atoms with Crippen molar-refractivity contribution in [1.29, 1.82) is 0 Å². The molecule has 0 aliphatic heterocycles. The lowest BCUT2D eigenvalue weighted by atomic mass is 9.89. The third kappa shape index (κ3) is 5.79.